The van der Waals surface area contributed by atoms with Gasteiger partial charge in [-0.25, -0.2) is 0 Å². The molecule has 0 aliphatic heterocycles. The van der Waals surface area contributed by atoms with Crippen LogP contribution in [-0.2, 0) is 9.53 Å². The number of esters is 1. The van der Waals surface area contributed by atoms with Gasteiger partial charge in [-0.1, -0.05) is 28.9 Å². The van der Waals surface area contributed by atoms with E-state index in [1.54, 1.807) is 26.0 Å². The van der Waals surface area contributed by atoms with E-state index in [1.807, 2.05) is 12.1 Å². The highest BCUT2D eigenvalue weighted by atomic mass is 35.5. The van der Waals surface area contributed by atoms with E-state index in [0.717, 1.165) is 0 Å². The van der Waals surface area contributed by atoms with Crippen LogP contribution in [0.15, 0.2) is 28.8 Å². The van der Waals surface area contributed by atoms with Crippen LogP contribution in [-0.4, -0.2) is 22.7 Å². The zero-order valence-corrected chi connectivity index (χ0v) is 11.3. The first-order valence-electron chi connectivity index (χ1n) is 5.88. The number of rotatable bonds is 4. The van der Waals surface area contributed by atoms with Crippen molar-refractivity contribution in [3.05, 3.63) is 35.2 Å². The van der Waals surface area contributed by atoms with Crippen molar-refractivity contribution in [1.29, 1.82) is 0 Å². The van der Waals surface area contributed by atoms with Gasteiger partial charge in [0.2, 0.25) is 11.7 Å². The molecule has 1 heterocycles. The van der Waals surface area contributed by atoms with E-state index in [1.165, 1.54) is 0 Å². The van der Waals surface area contributed by atoms with Crippen LogP contribution in [0.2, 0.25) is 5.02 Å². The summed E-state index contributed by atoms with van der Waals surface area (Å²) in [5.74, 6) is -0.411. The van der Waals surface area contributed by atoms with Crippen LogP contribution in [0.3, 0.4) is 0 Å². The molecule has 5 nitrogen and oxygen atoms in total. The largest absolute Gasteiger partial charge is 0.465 e. The maximum absolute atomic E-state index is 11.6. The van der Waals surface area contributed by atoms with Crippen molar-refractivity contribution < 1.29 is 14.1 Å². The second-order valence-corrected chi connectivity index (χ2v) is 4.32. The molecule has 6 heteroatoms. The second-order valence-electron chi connectivity index (χ2n) is 3.91. The van der Waals surface area contributed by atoms with Crippen molar-refractivity contribution in [2.75, 3.05) is 6.61 Å². The number of halogens is 1. The van der Waals surface area contributed by atoms with Gasteiger partial charge in [0.05, 0.1) is 11.6 Å². The van der Waals surface area contributed by atoms with E-state index in [-0.39, 0.29) is 5.89 Å². The Morgan fingerprint density at radius 2 is 2.21 bits per heavy atom. The van der Waals surface area contributed by atoms with Crippen molar-refractivity contribution in [3.8, 4) is 11.4 Å². The second kappa shape index (κ2) is 5.84. The SMILES string of the molecule is CCOC(=O)C(C)c1nc(-c2ccccc2Cl)no1. The van der Waals surface area contributed by atoms with E-state index >= 15 is 0 Å². The first-order chi connectivity index (χ1) is 9.13. The summed E-state index contributed by atoms with van der Waals surface area (Å²) in [5, 5.41) is 4.36. The van der Waals surface area contributed by atoms with Gasteiger partial charge >= 0.3 is 5.97 Å². The maximum atomic E-state index is 11.6. The number of carbonyl (C=O) groups excluding carboxylic acids is 1. The third-order valence-corrected chi connectivity index (χ3v) is 2.90. The van der Waals surface area contributed by atoms with E-state index in [2.05, 4.69) is 10.1 Å². The Morgan fingerprint density at radius 1 is 1.47 bits per heavy atom. The Labute approximate surface area is 115 Å². The van der Waals surface area contributed by atoms with Gasteiger partial charge in [0, 0.05) is 5.56 Å². The summed E-state index contributed by atoms with van der Waals surface area (Å²) in [7, 11) is 0. The molecular formula is C13H13ClN2O3. The highest BCUT2D eigenvalue weighted by Gasteiger charge is 2.23. The summed E-state index contributed by atoms with van der Waals surface area (Å²) in [4.78, 5) is 15.8. The molecule has 1 unspecified atom stereocenters. The van der Waals surface area contributed by atoms with Crippen LogP contribution >= 0.6 is 11.6 Å². The standard InChI is InChI=1S/C13H13ClN2O3/c1-3-18-13(17)8(2)12-15-11(16-19-12)9-6-4-5-7-10(9)14/h4-8H,3H2,1-2H3. The molecule has 0 aliphatic carbocycles. The monoisotopic (exact) mass is 280 g/mol. The summed E-state index contributed by atoms with van der Waals surface area (Å²) < 4.78 is 9.99. The van der Waals surface area contributed by atoms with Gasteiger partial charge in [-0.05, 0) is 26.0 Å². The summed E-state index contributed by atoms with van der Waals surface area (Å²) in [6.45, 7) is 3.71. The fraction of sp³-hybridized carbons (Fsp3) is 0.308. The predicted molar refractivity (Wildman–Crippen MR) is 69.8 cm³/mol. The Balaban J connectivity index is 2.24. The van der Waals surface area contributed by atoms with Gasteiger partial charge in [0.1, 0.15) is 5.92 Å². The smallest absolute Gasteiger partial charge is 0.318 e. The van der Waals surface area contributed by atoms with Crippen molar-refractivity contribution in [2.45, 2.75) is 19.8 Å². The first kappa shape index (κ1) is 13.5. The molecular weight excluding hydrogens is 268 g/mol. The lowest BCUT2D eigenvalue weighted by Gasteiger charge is -2.04. The maximum Gasteiger partial charge on any atom is 0.318 e. The van der Waals surface area contributed by atoms with Gasteiger partial charge in [-0.2, -0.15) is 4.98 Å². The number of benzene rings is 1. The van der Waals surface area contributed by atoms with Crippen LogP contribution in [0, 0.1) is 0 Å². The van der Waals surface area contributed by atoms with Crippen LogP contribution in [0.25, 0.3) is 11.4 Å². The fourth-order valence-corrected chi connectivity index (χ4v) is 1.75. The molecule has 0 fully saturated rings. The molecule has 0 saturated heterocycles. The molecule has 2 rings (SSSR count). The van der Waals surface area contributed by atoms with Gasteiger partial charge in [0.15, 0.2) is 0 Å². The van der Waals surface area contributed by atoms with Crippen LogP contribution in [0.5, 0.6) is 0 Å². The Morgan fingerprint density at radius 3 is 2.89 bits per heavy atom. The molecule has 0 radical (unpaired) electrons. The van der Waals surface area contributed by atoms with Crippen molar-refractivity contribution in [3.63, 3.8) is 0 Å². The van der Waals surface area contributed by atoms with Crippen LogP contribution in [0.4, 0.5) is 0 Å². The quantitative estimate of drug-likeness (QED) is 0.805. The highest BCUT2D eigenvalue weighted by Crippen LogP contribution is 2.26. The summed E-state index contributed by atoms with van der Waals surface area (Å²) in [6.07, 6.45) is 0. The predicted octanol–water partition coefficient (Wildman–Crippen LogP) is 3.06. The third-order valence-electron chi connectivity index (χ3n) is 2.57. The number of aromatic nitrogens is 2. The van der Waals surface area contributed by atoms with Crippen molar-refractivity contribution in [1.82, 2.24) is 10.1 Å². The molecule has 0 amide bonds. The summed E-state index contributed by atoms with van der Waals surface area (Å²) >= 11 is 6.05. The highest BCUT2D eigenvalue weighted by molar-refractivity contribution is 6.33. The molecule has 19 heavy (non-hydrogen) atoms. The molecule has 0 saturated carbocycles. The first-order valence-corrected chi connectivity index (χ1v) is 6.26. The lowest BCUT2D eigenvalue weighted by Crippen LogP contribution is -2.13. The number of hydrogen-bond acceptors (Lipinski definition) is 5. The molecule has 0 bridgehead atoms. The molecule has 1 aromatic carbocycles. The number of carbonyl (C=O) groups is 1. The lowest BCUT2D eigenvalue weighted by molar-refractivity contribution is -0.145. The van der Waals surface area contributed by atoms with Crippen molar-refractivity contribution in [2.24, 2.45) is 0 Å². The van der Waals surface area contributed by atoms with Gasteiger partial charge < -0.3 is 9.26 Å². The van der Waals surface area contributed by atoms with E-state index in [4.69, 9.17) is 20.9 Å². The molecule has 0 aliphatic rings. The fourth-order valence-electron chi connectivity index (χ4n) is 1.53. The molecule has 0 N–H and O–H groups in total. The molecule has 1 aromatic heterocycles. The average Bonchev–Trinajstić information content (AvgIpc) is 2.88. The number of ether oxygens (including phenoxy) is 1. The Bertz CT molecular complexity index is 583. The Kier molecular flexibility index (Phi) is 4.16. The van der Waals surface area contributed by atoms with E-state index in [9.17, 15) is 4.79 Å². The van der Waals surface area contributed by atoms with Crippen molar-refractivity contribution >= 4 is 17.6 Å². The van der Waals surface area contributed by atoms with Crippen LogP contribution in [0.1, 0.15) is 25.7 Å². The molecule has 2 aromatic rings. The molecule has 0 spiro atoms. The summed E-state index contributed by atoms with van der Waals surface area (Å²) in [5.41, 5.74) is 0.662. The zero-order valence-electron chi connectivity index (χ0n) is 10.6. The third kappa shape index (κ3) is 2.93. The normalized spacial score (nSPS) is 12.2. The average molecular weight is 281 g/mol. The lowest BCUT2D eigenvalue weighted by atomic mass is 10.2. The molecule has 100 valence electrons. The van der Waals surface area contributed by atoms with Gasteiger partial charge in [-0.15, -0.1) is 0 Å². The minimum atomic E-state index is -0.594. The minimum absolute atomic E-state index is 0.216. The minimum Gasteiger partial charge on any atom is -0.465 e. The summed E-state index contributed by atoms with van der Waals surface area (Å²) in [6, 6.07) is 7.16. The Hall–Kier alpha value is -1.88. The van der Waals surface area contributed by atoms with E-state index < -0.39 is 11.9 Å². The van der Waals surface area contributed by atoms with Gasteiger partial charge in [-0.3, -0.25) is 4.79 Å². The molecule has 1 atom stereocenters. The topological polar surface area (TPSA) is 65.2 Å². The number of hydrogen-bond donors (Lipinski definition) is 0. The zero-order chi connectivity index (χ0) is 13.8. The van der Waals surface area contributed by atoms with Crippen LogP contribution < -0.4 is 0 Å². The van der Waals surface area contributed by atoms with E-state index in [0.29, 0.717) is 23.0 Å². The van der Waals surface area contributed by atoms with Gasteiger partial charge in [0.25, 0.3) is 0 Å². The number of nitrogens with zero attached hydrogens (tertiary/aromatic N) is 2.